The molecule has 0 bridgehead atoms. The van der Waals surface area contributed by atoms with Crippen molar-refractivity contribution in [1.29, 1.82) is 0 Å². The SMILES string of the molecule is O=S(=O)([O-])c1ccc(CC(F)(F)C(F)(F)C(F)(F)C(F)(F)C(F)(F)C(F)(F)C(F)(F)C(F)(F)C(F)F)cc1.[Na+]. The third-order valence-corrected chi connectivity index (χ3v) is 5.61. The Hall–Kier alpha value is -1.13. The Morgan fingerprint density at radius 2 is 0.897 bits per heavy atom. The van der Waals surface area contributed by atoms with Crippen molar-refractivity contribution in [1.82, 2.24) is 0 Å². The predicted molar refractivity (Wildman–Crippen MR) is 83.7 cm³/mol. The summed E-state index contributed by atoms with van der Waals surface area (Å²) in [6, 6.07) is 0.249. The molecule has 0 saturated heterocycles. The van der Waals surface area contributed by atoms with Crippen LogP contribution in [0, 0.1) is 0 Å². The van der Waals surface area contributed by atoms with Crippen molar-refractivity contribution >= 4 is 10.1 Å². The van der Waals surface area contributed by atoms with Crippen molar-refractivity contribution < 1.29 is 122 Å². The molecule has 3 nitrogen and oxygen atoms in total. The average Bonchev–Trinajstić information content (AvgIpc) is 2.71. The van der Waals surface area contributed by atoms with Gasteiger partial charge in [0.25, 0.3) is 0 Å². The number of alkyl halides is 18. The Morgan fingerprint density at radius 3 is 1.21 bits per heavy atom. The smallest absolute Gasteiger partial charge is 0.744 e. The summed E-state index contributed by atoms with van der Waals surface area (Å²) in [6.07, 6.45) is -8.95. The molecule has 1 rings (SSSR count). The molecule has 1 aromatic carbocycles. The Bertz CT molecular complexity index is 1120. The van der Waals surface area contributed by atoms with Gasteiger partial charge < -0.3 is 4.55 Å². The minimum atomic E-state index is -8.82. The summed E-state index contributed by atoms with van der Waals surface area (Å²) in [5.74, 6) is -65.4. The molecule has 39 heavy (non-hydrogen) atoms. The quantitative estimate of drug-likeness (QED) is 0.211. The molecule has 0 spiro atoms. The molecule has 0 amide bonds. The fraction of sp³-hybridized carbons (Fsp3) is 0.625. The number of hydrogen-bond acceptors (Lipinski definition) is 3. The van der Waals surface area contributed by atoms with Gasteiger partial charge in [0.1, 0.15) is 10.1 Å². The molecule has 0 fully saturated rings. The Morgan fingerprint density at radius 1 is 0.590 bits per heavy atom. The zero-order valence-electron chi connectivity index (χ0n) is 18.0. The first-order valence-corrected chi connectivity index (χ1v) is 10.1. The number of hydrogen-bond donors (Lipinski definition) is 0. The number of benzene rings is 1. The minimum absolute atomic E-state index is 0. The number of halogens is 18. The molecule has 0 unspecified atom stereocenters. The van der Waals surface area contributed by atoms with E-state index in [1.165, 1.54) is 0 Å². The summed E-state index contributed by atoms with van der Waals surface area (Å²) in [4.78, 5) is -1.24. The number of rotatable bonds is 11. The molecule has 0 heterocycles. The molecule has 0 atom stereocenters. The predicted octanol–water partition coefficient (Wildman–Crippen LogP) is 3.48. The van der Waals surface area contributed by atoms with Gasteiger partial charge in [0.15, 0.2) is 0 Å². The summed E-state index contributed by atoms with van der Waals surface area (Å²) in [6.45, 7) is 0. The Labute approximate surface area is 226 Å². The second kappa shape index (κ2) is 10.6. The maximum absolute atomic E-state index is 13.9. The maximum atomic E-state index is 13.9. The summed E-state index contributed by atoms with van der Waals surface area (Å²) in [5, 5.41) is 0. The molecule has 1 aromatic rings. The van der Waals surface area contributed by atoms with Gasteiger partial charge >= 0.3 is 83.4 Å². The van der Waals surface area contributed by atoms with Crippen LogP contribution in [0.3, 0.4) is 0 Å². The molecule has 23 heteroatoms. The van der Waals surface area contributed by atoms with E-state index in [1.807, 2.05) is 0 Å². The van der Waals surface area contributed by atoms with Crippen molar-refractivity contribution in [3.05, 3.63) is 29.8 Å². The minimum Gasteiger partial charge on any atom is -0.744 e. The van der Waals surface area contributed by atoms with Crippen molar-refractivity contribution in [2.24, 2.45) is 0 Å². The van der Waals surface area contributed by atoms with E-state index >= 15 is 0 Å². The molecule has 0 radical (unpaired) electrons. The second-order valence-corrected chi connectivity index (χ2v) is 8.73. The van der Waals surface area contributed by atoms with E-state index in [-0.39, 0.29) is 53.8 Å². The van der Waals surface area contributed by atoms with Crippen LogP contribution in [-0.4, -0.2) is 66.8 Å². The molecule has 222 valence electrons. The first-order valence-electron chi connectivity index (χ1n) is 8.73. The van der Waals surface area contributed by atoms with Crippen LogP contribution in [0.15, 0.2) is 29.2 Å². The summed E-state index contributed by atoms with van der Waals surface area (Å²) < 4.78 is 272. The average molecular weight is 644 g/mol. The van der Waals surface area contributed by atoms with Crippen LogP contribution in [0.5, 0.6) is 0 Å². The molecule has 0 aliphatic rings. The van der Waals surface area contributed by atoms with Crippen molar-refractivity contribution in [2.75, 3.05) is 0 Å². The van der Waals surface area contributed by atoms with E-state index in [4.69, 9.17) is 0 Å². The van der Waals surface area contributed by atoms with Crippen LogP contribution < -0.4 is 29.6 Å². The van der Waals surface area contributed by atoms with Crippen LogP contribution in [0.2, 0.25) is 0 Å². The van der Waals surface area contributed by atoms with Crippen LogP contribution in [0.1, 0.15) is 5.56 Å². The first-order chi connectivity index (χ1) is 16.4. The standard InChI is InChI=1S/C16H8F18O3S.Na/c17-8(18)10(21,22)12(25,26)14(29,30)16(33,34)15(31,32)13(27,28)11(23,24)9(19,20)5-6-1-3-7(4-2-6)38(35,36)37;/h1-4,8H,5H2,(H,35,36,37);/q;+1/p-1. The molecular formula is C16H7F18NaO3S. The normalized spacial score (nSPS) is 15.4. The van der Waals surface area contributed by atoms with Crippen LogP contribution in [0.25, 0.3) is 0 Å². The van der Waals surface area contributed by atoms with Gasteiger partial charge in [-0.15, -0.1) is 0 Å². The summed E-state index contributed by atoms with van der Waals surface area (Å²) in [5.41, 5.74) is -1.40. The van der Waals surface area contributed by atoms with Gasteiger partial charge in [0.2, 0.25) is 0 Å². The van der Waals surface area contributed by atoms with Crippen molar-refractivity contribution in [3.8, 4) is 0 Å². The monoisotopic (exact) mass is 644 g/mol. The van der Waals surface area contributed by atoms with Crippen LogP contribution >= 0.6 is 0 Å². The molecule has 0 aliphatic heterocycles. The van der Waals surface area contributed by atoms with E-state index in [9.17, 15) is 92.0 Å². The van der Waals surface area contributed by atoms with Gasteiger partial charge in [-0.05, 0) is 17.7 Å². The van der Waals surface area contributed by atoms with Crippen LogP contribution in [-0.2, 0) is 16.5 Å². The van der Waals surface area contributed by atoms with Gasteiger partial charge in [-0.3, -0.25) is 0 Å². The third-order valence-electron chi connectivity index (χ3n) is 4.76. The Balaban J connectivity index is 0.0000144. The molecule has 0 aliphatic carbocycles. The topological polar surface area (TPSA) is 57.2 Å². The first kappa shape index (κ1) is 37.9. The van der Waals surface area contributed by atoms with E-state index in [2.05, 4.69) is 0 Å². The molecule has 0 saturated carbocycles. The van der Waals surface area contributed by atoms with E-state index in [0.717, 1.165) is 0 Å². The summed E-state index contributed by atoms with van der Waals surface area (Å²) >= 11 is 0. The van der Waals surface area contributed by atoms with Gasteiger partial charge in [0.05, 0.1) is 4.90 Å². The van der Waals surface area contributed by atoms with Crippen molar-refractivity contribution in [2.45, 2.75) is 65.1 Å². The maximum Gasteiger partial charge on any atom is 1.00 e. The van der Waals surface area contributed by atoms with Gasteiger partial charge in [-0.25, -0.2) is 17.2 Å². The molecular weight excluding hydrogens is 637 g/mol. The zero-order valence-corrected chi connectivity index (χ0v) is 20.8. The van der Waals surface area contributed by atoms with E-state index in [1.54, 1.807) is 0 Å². The van der Waals surface area contributed by atoms with Gasteiger partial charge in [-0.2, -0.15) is 70.2 Å². The van der Waals surface area contributed by atoms with Gasteiger partial charge in [0, 0.05) is 6.42 Å². The van der Waals surface area contributed by atoms with E-state index < -0.39 is 80.8 Å². The largest absolute Gasteiger partial charge is 1.00 e. The van der Waals surface area contributed by atoms with E-state index in [0.29, 0.717) is 0 Å². The Kier molecular flexibility index (Phi) is 10.3. The van der Waals surface area contributed by atoms with Gasteiger partial charge in [-0.1, -0.05) is 12.1 Å². The molecule has 0 N–H and O–H groups in total. The fourth-order valence-corrected chi connectivity index (χ4v) is 2.98. The fourth-order valence-electron chi connectivity index (χ4n) is 2.51. The third kappa shape index (κ3) is 5.68. The van der Waals surface area contributed by atoms with Crippen LogP contribution in [0.4, 0.5) is 79.0 Å². The molecule has 0 aromatic heterocycles. The van der Waals surface area contributed by atoms with Crippen molar-refractivity contribution in [3.63, 3.8) is 0 Å². The zero-order chi connectivity index (χ0) is 30.8. The second-order valence-electron chi connectivity index (χ2n) is 7.35. The summed E-state index contributed by atoms with van der Waals surface area (Å²) in [7, 11) is -5.31.